The summed E-state index contributed by atoms with van der Waals surface area (Å²) in [6.45, 7) is 0.597. The molecule has 1 aliphatic carbocycles. The lowest BCUT2D eigenvalue weighted by Crippen LogP contribution is -2.36. The van der Waals surface area contributed by atoms with Crippen molar-refractivity contribution in [2.24, 2.45) is 5.92 Å². The molecule has 3 rings (SSSR count). The average molecular weight is 302 g/mol. The zero-order valence-corrected chi connectivity index (χ0v) is 12.3. The Balaban J connectivity index is 1.50. The molecule has 4 heteroatoms. The van der Waals surface area contributed by atoms with Crippen LogP contribution in [0.25, 0.3) is 0 Å². The molecule has 2 aromatic rings. The fraction of sp³-hybridized carbons (Fsp3) is 0.294. The maximum Gasteiger partial charge on any atom is 0.169 e. The Labute approximate surface area is 128 Å². The van der Waals surface area contributed by atoms with Gasteiger partial charge in [-0.15, -0.1) is 0 Å². The first-order valence-corrected chi connectivity index (χ1v) is 7.42. The van der Waals surface area contributed by atoms with Crippen LogP contribution in [0.2, 0.25) is 5.15 Å². The van der Waals surface area contributed by atoms with E-state index >= 15 is 0 Å². The van der Waals surface area contributed by atoms with Gasteiger partial charge in [0.05, 0.1) is 18.3 Å². The summed E-state index contributed by atoms with van der Waals surface area (Å²) in [7, 11) is 0. The zero-order chi connectivity index (χ0) is 14.7. The predicted octanol–water partition coefficient (Wildman–Crippen LogP) is 3.91. The van der Waals surface area contributed by atoms with Crippen LogP contribution in [-0.2, 0) is 11.3 Å². The monoisotopic (exact) mass is 301 g/mol. The van der Waals surface area contributed by atoms with Gasteiger partial charge in [0.15, 0.2) is 5.78 Å². The fourth-order valence-corrected chi connectivity index (χ4v) is 2.71. The lowest BCUT2D eigenvalue weighted by atomic mass is 9.77. The van der Waals surface area contributed by atoms with Gasteiger partial charge in [0, 0.05) is 12.1 Å². The quantitative estimate of drug-likeness (QED) is 0.621. The van der Waals surface area contributed by atoms with Gasteiger partial charge in [0.25, 0.3) is 0 Å². The highest BCUT2D eigenvalue weighted by Gasteiger charge is 2.36. The number of hydrogen-bond acceptors (Lipinski definition) is 3. The summed E-state index contributed by atoms with van der Waals surface area (Å²) in [5.74, 6) is 0.0835. The summed E-state index contributed by atoms with van der Waals surface area (Å²) in [5, 5.41) is 0.288. The lowest BCUT2D eigenvalue weighted by Gasteiger charge is -2.34. The third-order valence-corrected chi connectivity index (χ3v) is 4.12. The van der Waals surface area contributed by atoms with Gasteiger partial charge < -0.3 is 4.74 Å². The molecule has 0 bridgehead atoms. The highest BCUT2D eigenvalue weighted by Crippen LogP contribution is 2.34. The average Bonchev–Trinajstić information content (AvgIpc) is 2.47. The van der Waals surface area contributed by atoms with Crippen molar-refractivity contribution in [2.75, 3.05) is 0 Å². The van der Waals surface area contributed by atoms with Crippen LogP contribution >= 0.6 is 11.6 Å². The number of carbonyl (C=O) groups excluding carboxylic acids is 1. The standard InChI is InChI=1S/C17H16ClNO2/c18-17-15(7-4-8-19-17)16(20)13-9-14(10-13)21-11-12-5-2-1-3-6-12/h1-8,13-14H,9-11H2. The molecular weight excluding hydrogens is 286 g/mol. The Kier molecular flexibility index (Phi) is 4.32. The molecule has 0 N–H and O–H groups in total. The molecule has 1 aromatic carbocycles. The van der Waals surface area contributed by atoms with E-state index in [0.717, 1.165) is 18.4 Å². The first-order chi connectivity index (χ1) is 10.2. The molecule has 0 saturated heterocycles. The smallest absolute Gasteiger partial charge is 0.169 e. The van der Waals surface area contributed by atoms with E-state index in [1.165, 1.54) is 0 Å². The molecule has 0 radical (unpaired) electrons. The van der Waals surface area contributed by atoms with Crippen LogP contribution in [0, 0.1) is 5.92 Å². The van der Waals surface area contributed by atoms with Crippen molar-refractivity contribution in [1.82, 2.24) is 4.98 Å². The van der Waals surface area contributed by atoms with E-state index in [9.17, 15) is 4.79 Å². The number of pyridine rings is 1. The summed E-state index contributed by atoms with van der Waals surface area (Å²) in [6.07, 6.45) is 3.27. The second kappa shape index (κ2) is 6.37. The van der Waals surface area contributed by atoms with Crippen LogP contribution in [0.15, 0.2) is 48.7 Å². The number of rotatable bonds is 5. The number of aromatic nitrogens is 1. The van der Waals surface area contributed by atoms with Gasteiger partial charge in [-0.25, -0.2) is 4.98 Å². The molecule has 0 spiro atoms. The highest BCUT2D eigenvalue weighted by molar-refractivity contribution is 6.32. The molecular formula is C17H16ClNO2. The van der Waals surface area contributed by atoms with Crippen LogP contribution < -0.4 is 0 Å². The molecule has 1 saturated carbocycles. The topological polar surface area (TPSA) is 39.2 Å². The predicted molar refractivity (Wildman–Crippen MR) is 81.3 cm³/mol. The Morgan fingerprint density at radius 1 is 1.19 bits per heavy atom. The molecule has 108 valence electrons. The molecule has 1 aromatic heterocycles. The van der Waals surface area contributed by atoms with Crippen LogP contribution in [0.4, 0.5) is 0 Å². The Bertz CT molecular complexity index is 624. The summed E-state index contributed by atoms with van der Waals surface area (Å²) >= 11 is 5.96. The van der Waals surface area contributed by atoms with Crippen LogP contribution in [-0.4, -0.2) is 16.9 Å². The first kappa shape index (κ1) is 14.2. The Morgan fingerprint density at radius 3 is 2.67 bits per heavy atom. The van der Waals surface area contributed by atoms with Gasteiger partial charge in [0.2, 0.25) is 0 Å². The number of Topliss-reactive ketones (excluding diaryl/α,β-unsaturated/α-hetero) is 1. The van der Waals surface area contributed by atoms with Gasteiger partial charge in [-0.2, -0.15) is 0 Å². The normalized spacial score (nSPS) is 20.8. The van der Waals surface area contributed by atoms with E-state index in [2.05, 4.69) is 4.98 Å². The molecule has 0 unspecified atom stereocenters. The Morgan fingerprint density at radius 2 is 1.95 bits per heavy atom. The SMILES string of the molecule is O=C(c1cccnc1Cl)C1CC(OCc2ccccc2)C1. The van der Waals surface area contributed by atoms with Crippen molar-refractivity contribution >= 4 is 17.4 Å². The van der Waals surface area contributed by atoms with E-state index < -0.39 is 0 Å². The summed E-state index contributed by atoms with van der Waals surface area (Å²) in [6, 6.07) is 13.5. The molecule has 1 aliphatic rings. The van der Waals surface area contributed by atoms with E-state index in [1.807, 2.05) is 30.3 Å². The van der Waals surface area contributed by atoms with Crippen molar-refractivity contribution in [1.29, 1.82) is 0 Å². The van der Waals surface area contributed by atoms with Crippen LogP contribution in [0.1, 0.15) is 28.8 Å². The van der Waals surface area contributed by atoms with Gasteiger partial charge in [0.1, 0.15) is 5.15 Å². The molecule has 21 heavy (non-hydrogen) atoms. The number of ether oxygens (including phenoxy) is 1. The second-order valence-electron chi connectivity index (χ2n) is 5.29. The van der Waals surface area contributed by atoms with Gasteiger partial charge >= 0.3 is 0 Å². The highest BCUT2D eigenvalue weighted by atomic mass is 35.5. The maximum absolute atomic E-state index is 12.3. The summed E-state index contributed by atoms with van der Waals surface area (Å²) in [4.78, 5) is 16.2. The third kappa shape index (κ3) is 3.31. The van der Waals surface area contributed by atoms with E-state index in [1.54, 1.807) is 18.3 Å². The number of hydrogen-bond donors (Lipinski definition) is 0. The number of ketones is 1. The van der Waals surface area contributed by atoms with Crippen LogP contribution in [0.3, 0.4) is 0 Å². The number of halogens is 1. The number of benzene rings is 1. The van der Waals surface area contributed by atoms with E-state index in [0.29, 0.717) is 12.2 Å². The van der Waals surface area contributed by atoms with Crippen molar-refractivity contribution in [3.8, 4) is 0 Å². The fourth-order valence-electron chi connectivity index (χ4n) is 2.49. The van der Waals surface area contributed by atoms with Gasteiger partial charge in [-0.1, -0.05) is 41.9 Å². The molecule has 1 fully saturated rings. The van der Waals surface area contributed by atoms with Gasteiger partial charge in [-0.05, 0) is 30.5 Å². The second-order valence-corrected chi connectivity index (χ2v) is 5.65. The van der Waals surface area contributed by atoms with Crippen molar-refractivity contribution in [3.63, 3.8) is 0 Å². The minimum atomic E-state index is 0.00692. The van der Waals surface area contributed by atoms with E-state index in [4.69, 9.17) is 16.3 Å². The minimum absolute atomic E-state index is 0.00692. The summed E-state index contributed by atoms with van der Waals surface area (Å²) in [5.41, 5.74) is 1.67. The molecule has 0 aliphatic heterocycles. The van der Waals surface area contributed by atoms with Crippen LogP contribution in [0.5, 0.6) is 0 Å². The molecule has 0 amide bonds. The van der Waals surface area contributed by atoms with Gasteiger partial charge in [-0.3, -0.25) is 4.79 Å². The third-order valence-electron chi connectivity index (χ3n) is 3.82. The minimum Gasteiger partial charge on any atom is -0.373 e. The van der Waals surface area contributed by atoms with Crippen molar-refractivity contribution in [3.05, 3.63) is 64.9 Å². The Hall–Kier alpha value is -1.71. The van der Waals surface area contributed by atoms with Crippen molar-refractivity contribution in [2.45, 2.75) is 25.6 Å². The maximum atomic E-state index is 12.3. The van der Waals surface area contributed by atoms with E-state index in [-0.39, 0.29) is 23.0 Å². The summed E-state index contributed by atoms with van der Waals surface area (Å²) < 4.78 is 5.81. The largest absolute Gasteiger partial charge is 0.373 e. The molecule has 0 atom stereocenters. The number of carbonyl (C=O) groups is 1. The lowest BCUT2D eigenvalue weighted by molar-refractivity contribution is -0.0330. The molecule has 1 heterocycles. The number of nitrogens with zero attached hydrogens (tertiary/aromatic N) is 1. The van der Waals surface area contributed by atoms with Crippen molar-refractivity contribution < 1.29 is 9.53 Å². The zero-order valence-electron chi connectivity index (χ0n) is 11.5. The first-order valence-electron chi connectivity index (χ1n) is 7.04. The molecule has 3 nitrogen and oxygen atoms in total.